The molecule has 3 heterocycles. The number of nitrogens with zero attached hydrogens (tertiary/aromatic N) is 5. The molecule has 2 saturated heterocycles. The van der Waals surface area contributed by atoms with E-state index in [1.54, 1.807) is 4.90 Å². The molecule has 34 heavy (non-hydrogen) atoms. The van der Waals surface area contributed by atoms with E-state index in [0.29, 0.717) is 50.3 Å². The van der Waals surface area contributed by atoms with Crippen molar-refractivity contribution in [3.8, 4) is 11.5 Å². The third-order valence-corrected chi connectivity index (χ3v) is 6.11. The number of benzene rings is 1. The van der Waals surface area contributed by atoms with Crippen LogP contribution in [0.5, 0.6) is 0 Å². The second-order valence-corrected chi connectivity index (χ2v) is 8.41. The van der Waals surface area contributed by atoms with Gasteiger partial charge < -0.3 is 20.0 Å². The van der Waals surface area contributed by atoms with Crippen LogP contribution in [-0.2, 0) is 10.9 Å². The topological polar surface area (TPSA) is 148 Å². The van der Waals surface area contributed by atoms with Gasteiger partial charge >= 0.3 is 12.2 Å². The molecule has 2 fully saturated rings. The first-order valence-electron chi connectivity index (χ1n) is 10.6. The molecule has 0 radical (unpaired) electrons. The second-order valence-electron chi connectivity index (χ2n) is 8.41. The van der Waals surface area contributed by atoms with E-state index in [1.807, 2.05) is 0 Å². The Bertz CT molecular complexity index is 1050. The summed E-state index contributed by atoms with van der Waals surface area (Å²) in [6.45, 7) is 1.32. The highest BCUT2D eigenvalue weighted by atomic mass is 19.4. The number of carbonyl (C=O) groups excluding carboxylic acids is 1. The molecule has 4 rings (SSSR count). The zero-order valence-corrected chi connectivity index (χ0v) is 18.4. The number of alkyl halides is 3. The summed E-state index contributed by atoms with van der Waals surface area (Å²) >= 11 is 0. The summed E-state index contributed by atoms with van der Waals surface area (Å²) in [6.07, 6.45) is -2.52. The third-order valence-electron chi connectivity index (χ3n) is 6.11. The molecule has 11 nitrogen and oxygen atoms in total. The number of amides is 2. The van der Waals surface area contributed by atoms with E-state index in [0.717, 1.165) is 17.1 Å². The molecule has 1 atom stereocenters. The standard InChI is InChI=1S/C20H25F3N8O3/c1-30(25)17(28-24)27-18(32)31-8-6-19(7-9-31)10-13(11-33-19)15-26-16(34-29-15)12-2-4-14(5-3-12)20(21,22)23/h2-5,13H,6-11,24-25H2,1H3,(H,27,28,32). The summed E-state index contributed by atoms with van der Waals surface area (Å²) in [5.74, 6) is 11.3. The summed E-state index contributed by atoms with van der Waals surface area (Å²) in [6, 6.07) is 4.20. The molecular formula is C20H25F3N8O3. The van der Waals surface area contributed by atoms with Crippen molar-refractivity contribution in [2.45, 2.75) is 37.0 Å². The largest absolute Gasteiger partial charge is 0.416 e. The molecule has 0 saturated carbocycles. The van der Waals surface area contributed by atoms with Crippen LogP contribution >= 0.6 is 0 Å². The van der Waals surface area contributed by atoms with Gasteiger partial charge in [0.15, 0.2) is 5.82 Å². The quantitative estimate of drug-likeness (QED) is 0.254. The minimum absolute atomic E-state index is 0.0448. The fourth-order valence-corrected chi connectivity index (χ4v) is 4.18. The van der Waals surface area contributed by atoms with Gasteiger partial charge in [0.25, 0.3) is 5.89 Å². The van der Waals surface area contributed by atoms with Gasteiger partial charge in [0, 0.05) is 31.6 Å². The fraction of sp³-hybridized carbons (Fsp3) is 0.500. The maximum Gasteiger partial charge on any atom is 0.416 e. The highest BCUT2D eigenvalue weighted by molar-refractivity contribution is 5.95. The number of hydrazine groups is 1. The van der Waals surface area contributed by atoms with Crippen LogP contribution in [0.1, 0.15) is 36.6 Å². The van der Waals surface area contributed by atoms with Crippen LogP contribution in [0.4, 0.5) is 18.0 Å². The summed E-state index contributed by atoms with van der Waals surface area (Å²) in [5.41, 5.74) is -0.751. The van der Waals surface area contributed by atoms with Crippen LogP contribution in [0, 0.1) is 0 Å². The Hall–Kier alpha value is -3.39. The fourth-order valence-electron chi connectivity index (χ4n) is 4.18. The summed E-state index contributed by atoms with van der Waals surface area (Å²) in [4.78, 5) is 18.4. The molecule has 1 spiro atoms. The molecule has 1 aromatic carbocycles. The van der Waals surface area contributed by atoms with Crippen molar-refractivity contribution >= 4 is 12.0 Å². The summed E-state index contributed by atoms with van der Waals surface area (Å²) in [7, 11) is 1.50. The minimum Gasteiger partial charge on any atom is -0.374 e. The van der Waals surface area contributed by atoms with Crippen LogP contribution in [0.25, 0.3) is 11.5 Å². The maximum absolute atomic E-state index is 12.8. The Labute approximate surface area is 192 Å². The number of carbonyl (C=O) groups is 1. The van der Waals surface area contributed by atoms with E-state index >= 15 is 0 Å². The second kappa shape index (κ2) is 9.10. The molecule has 0 aliphatic carbocycles. The van der Waals surface area contributed by atoms with Crippen molar-refractivity contribution in [2.24, 2.45) is 16.8 Å². The Morgan fingerprint density at radius 3 is 2.56 bits per heavy atom. The van der Waals surface area contributed by atoms with Crippen molar-refractivity contribution in [3.63, 3.8) is 0 Å². The zero-order chi connectivity index (χ0) is 24.5. The molecule has 5 N–H and O–H groups in total. The van der Waals surface area contributed by atoms with E-state index < -0.39 is 17.3 Å². The Balaban J connectivity index is 1.35. The van der Waals surface area contributed by atoms with Gasteiger partial charge in [-0.2, -0.15) is 18.2 Å². The van der Waals surface area contributed by atoms with E-state index in [2.05, 4.69) is 20.6 Å². The number of likely N-dealkylation sites (tertiary alicyclic amines) is 1. The van der Waals surface area contributed by atoms with Gasteiger partial charge in [-0.05, 0) is 43.5 Å². The van der Waals surface area contributed by atoms with Gasteiger partial charge in [-0.1, -0.05) is 5.16 Å². The molecular weight excluding hydrogens is 457 g/mol. The number of hydrogen-bond acceptors (Lipinski definition) is 8. The number of hydrazone groups is 1. The molecule has 1 aromatic heterocycles. The molecule has 184 valence electrons. The SMILES string of the molecule is CN(N)/C(=N\N)NC(=O)N1CCC2(CC1)CC(c1noc(-c3ccc(C(F)(F)F)cc3)n1)CO2. The van der Waals surface area contributed by atoms with Crippen molar-refractivity contribution in [3.05, 3.63) is 35.7 Å². The van der Waals surface area contributed by atoms with Gasteiger partial charge in [-0.3, -0.25) is 10.3 Å². The van der Waals surface area contributed by atoms with Crippen molar-refractivity contribution in [2.75, 3.05) is 26.7 Å². The number of aromatic nitrogens is 2. The van der Waals surface area contributed by atoms with Crippen LogP contribution in [0.15, 0.2) is 33.9 Å². The highest BCUT2D eigenvalue weighted by Crippen LogP contribution is 2.42. The van der Waals surface area contributed by atoms with Crippen LogP contribution in [0.3, 0.4) is 0 Å². The van der Waals surface area contributed by atoms with Gasteiger partial charge in [-0.25, -0.2) is 10.6 Å². The Morgan fingerprint density at radius 2 is 1.97 bits per heavy atom. The monoisotopic (exact) mass is 482 g/mol. The van der Waals surface area contributed by atoms with Crippen molar-refractivity contribution in [1.82, 2.24) is 25.4 Å². The molecule has 2 aromatic rings. The molecule has 2 aliphatic heterocycles. The number of guanidine groups is 1. The van der Waals surface area contributed by atoms with E-state index in [4.69, 9.17) is 20.9 Å². The molecule has 1 unspecified atom stereocenters. The lowest BCUT2D eigenvalue weighted by molar-refractivity contribution is -0.137. The molecule has 14 heteroatoms. The van der Waals surface area contributed by atoms with Crippen LogP contribution in [0.2, 0.25) is 0 Å². The van der Waals surface area contributed by atoms with Gasteiger partial charge in [0.05, 0.1) is 17.8 Å². The lowest BCUT2D eigenvalue weighted by Crippen LogP contribution is -2.54. The van der Waals surface area contributed by atoms with Crippen molar-refractivity contribution < 1.29 is 27.2 Å². The number of hydrogen-bond donors (Lipinski definition) is 3. The van der Waals surface area contributed by atoms with E-state index in [1.165, 1.54) is 19.2 Å². The Kier molecular flexibility index (Phi) is 6.36. The lowest BCUT2D eigenvalue weighted by atomic mass is 9.85. The number of piperidine rings is 1. The van der Waals surface area contributed by atoms with Gasteiger partial charge in [-0.15, -0.1) is 5.10 Å². The highest BCUT2D eigenvalue weighted by Gasteiger charge is 2.45. The minimum atomic E-state index is -4.41. The van der Waals surface area contributed by atoms with Crippen molar-refractivity contribution in [1.29, 1.82) is 0 Å². The van der Waals surface area contributed by atoms with Gasteiger partial charge in [0.2, 0.25) is 5.96 Å². The first kappa shape index (κ1) is 23.8. The van der Waals surface area contributed by atoms with Gasteiger partial charge in [0.1, 0.15) is 0 Å². The third kappa shape index (κ3) is 4.92. The predicted molar refractivity (Wildman–Crippen MR) is 114 cm³/mol. The summed E-state index contributed by atoms with van der Waals surface area (Å²) in [5, 5.41) is 11.1. The molecule has 2 aliphatic rings. The molecule has 0 bridgehead atoms. The summed E-state index contributed by atoms with van der Waals surface area (Å²) < 4.78 is 49.7. The van der Waals surface area contributed by atoms with E-state index in [9.17, 15) is 18.0 Å². The van der Waals surface area contributed by atoms with E-state index in [-0.39, 0.29) is 23.8 Å². The first-order chi connectivity index (χ1) is 16.1. The maximum atomic E-state index is 12.8. The number of rotatable bonds is 2. The number of nitrogens with one attached hydrogen (secondary N) is 1. The van der Waals surface area contributed by atoms with Crippen LogP contribution < -0.4 is 17.0 Å². The Morgan fingerprint density at radius 1 is 1.29 bits per heavy atom. The smallest absolute Gasteiger partial charge is 0.374 e. The number of nitrogens with two attached hydrogens (primary N) is 2. The number of halogens is 3. The molecule has 2 amide bonds. The lowest BCUT2D eigenvalue weighted by Gasteiger charge is -2.38. The first-order valence-corrected chi connectivity index (χ1v) is 10.6. The average molecular weight is 482 g/mol. The normalized spacial score (nSPS) is 20.6. The zero-order valence-electron chi connectivity index (χ0n) is 18.4. The average Bonchev–Trinajstić information content (AvgIpc) is 3.45. The van der Waals surface area contributed by atoms with Crippen LogP contribution in [-0.4, -0.2) is 64.4 Å². The number of ether oxygens (including phenoxy) is 1. The predicted octanol–water partition coefficient (Wildman–Crippen LogP) is 1.84. The number of urea groups is 1.